The summed E-state index contributed by atoms with van der Waals surface area (Å²) < 4.78 is 18.3. The van der Waals surface area contributed by atoms with Crippen molar-refractivity contribution in [3.63, 3.8) is 0 Å². The van der Waals surface area contributed by atoms with E-state index in [0.717, 1.165) is 24.9 Å². The van der Waals surface area contributed by atoms with Gasteiger partial charge in [0.05, 0.1) is 18.3 Å². The van der Waals surface area contributed by atoms with Crippen LogP contribution in [0.2, 0.25) is 0 Å². The summed E-state index contributed by atoms with van der Waals surface area (Å²) in [7, 11) is 0. The molecule has 158 valence electrons. The maximum atomic E-state index is 13.4. The fraction of sp³-hybridized carbons (Fsp3) is 0.542. The quantitative estimate of drug-likeness (QED) is 0.596. The van der Waals surface area contributed by atoms with Crippen molar-refractivity contribution >= 4 is 22.3 Å². The van der Waals surface area contributed by atoms with Gasteiger partial charge in [-0.25, -0.2) is 0 Å². The second kappa shape index (κ2) is 7.74. The summed E-state index contributed by atoms with van der Waals surface area (Å²) in [6.07, 6.45) is 15.9. The molecule has 2 bridgehead atoms. The summed E-state index contributed by atoms with van der Waals surface area (Å²) in [6, 6.07) is 9.95. The van der Waals surface area contributed by atoms with Crippen molar-refractivity contribution < 1.29 is 4.55 Å². The lowest BCUT2D eigenvalue weighted by Crippen LogP contribution is -2.43. The first kappa shape index (κ1) is 19.0. The smallest absolute Gasteiger partial charge is 0.135 e. The van der Waals surface area contributed by atoms with E-state index in [2.05, 4.69) is 49.5 Å². The van der Waals surface area contributed by atoms with Crippen molar-refractivity contribution in [1.29, 1.82) is 0 Å². The van der Waals surface area contributed by atoms with Gasteiger partial charge in [-0.2, -0.15) is 5.10 Å². The summed E-state index contributed by atoms with van der Waals surface area (Å²) in [4.78, 5) is 0. The van der Waals surface area contributed by atoms with Gasteiger partial charge in [-0.1, -0.05) is 12.5 Å². The predicted molar refractivity (Wildman–Crippen MR) is 121 cm³/mol. The van der Waals surface area contributed by atoms with Crippen LogP contribution >= 0.6 is 0 Å². The number of benzene rings is 1. The van der Waals surface area contributed by atoms with Crippen LogP contribution < -0.4 is 0 Å². The zero-order valence-corrected chi connectivity index (χ0v) is 18.2. The molecule has 4 atom stereocenters. The summed E-state index contributed by atoms with van der Waals surface area (Å²) in [5.41, 5.74) is 3.62. The Kier molecular flexibility index (Phi) is 4.89. The van der Waals surface area contributed by atoms with Gasteiger partial charge < -0.3 is 9.12 Å². The molecule has 1 N–H and O–H groups in total. The van der Waals surface area contributed by atoms with Gasteiger partial charge >= 0.3 is 0 Å². The average molecular weight is 423 g/mol. The molecular formula is C24H30N4OS. The number of aromatic nitrogens is 3. The molecule has 1 saturated carbocycles. The number of nitrogens with zero attached hydrogens (tertiary/aromatic N) is 3. The van der Waals surface area contributed by atoms with Crippen molar-refractivity contribution in [3.8, 4) is 11.1 Å². The van der Waals surface area contributed by atoms with E-state index >= 15 is 0 Å². The Balaban J connectivity index is 1.20. The Bertz CT molecular complexity index is 1010. The third kappa shape index (κ3) is 3.20. The van der Waals surface area contributed by atoms with E-state index in [1.807, 2.05) is 12.4 Å². The van der Waals surface area contributed by atoms with Crippen LogP contribution in [0.15, 0.2) is 42.9 Å². The van der Waals surface area contributed by atoms with Crippen molar-refractivity contribution in [2.75, 3.05) is 0 Å². The van der Waals surface area contributed by atoms with Crippen LogP contribution in [-0.4, -0.2) is 41.0 Å². The first-order chi connectivity index (χ1) is 14.8. The van der Waals surface area contributed by atoms with E-state index < -0.39 is 11.4 Å². The average Bonchev–Trinajstić information content (AvgIpc) is 3.58. The van der Waals surface area contributed by atoms with Crippen LogP contribution in [0.25, 0.3) is 22.0 Å². The van der Waals surface area contributed by atoms with Crippen LogP contribution in [0.5, 0.6) is 0 Å². The monoisotopic (exact) mass is 422 g/mol. The third-order valence-electron chi connectivity index (χ3n) is 7.68. The molecule has 4 unspecified atom stereocenters. The zero-order valence-electron chi connectivity index (χ0n) is 17.4. The fourth-order valence-electron chi connectivity index (χ4n) is 6.18. The molecule has 0 radical (unpaired) electrons. The minimum atomic E-state index is -0.781. The van der Waals surface area contributed by atoms with E-state index in [9.17, 15) is 4.55 Å². The number of fused-ring (bicyclic) bond motifs is 3. The lowest BCUT2D eigenvalue weighted by atomic mass is 9.89. The highest BCUT2D eigenvalue weighted by molar-refractivity contribution is 7.89. The van der Waals surface area contributed by atoms with E-state index in [0.29, 0.717) is 23.3 Å². The lowest BCUT2D eigenvalue weighted by Gasteiger charge is -2.32. The molecule has 5 nitrogen and oxygen atoms in total. The van der Waals surface area contributed by atoms with Crippen LogP contribution in [0.4, 0.5) is 0 Å². The summed E-state index contributed by atoms with van der Waals surface area (Å²) in [5.74, 6) is 0.612. The predicted octanol–water partition coefficient (Wildman–Crippen LogP) is 4.88. The summed E-state index contributed by atoms with van der Waals surface area (Å²) >= 11 is -0.781. The van der Waals surface area contributed by atoms with Gasteiger partial charge in [-0.3, -0.25) is 5.10 Å². The van der Waals surface area contributed by atoms with Gasteiger partial charge in [0.2, 0.25) is 0 Å². The molecule has 6 heteroatoms. The summed E-state index contributed by atoms with van der Waals surface area (Å²) in [5, 5.41) is 8.66. The number of aromatic amines is 1. The minimum absolute atomic E-state index is 0.411. The molecule has 3 aliphatic rings. The highest BCUT2D eigenvalue weighted by Gasteiger charge is 2.53. The molecule has 2 saturated heterocycles. The maximum absolute atomic E-state index is 13.4. The molecule has 4 heterocycles. The molecule has 3 fully saturated rings. The molecule has 0 spiro atoms. The first-order valence-electron chi connectivity index (χ1n) is 11.5. The molecule has 30 heavy (non-hydrogen) atoms. The van der Waals surface area contributed by atoms with Crippen LogP contribution in [0.1, 0.15) is 51.4 Å². The molecule has 6 rings (SSSR count). The Hall–Kier alpha value is -1.76. The first-order valence-corrected chi connectivity index (χ1v) is 12.7. The third-order valence-corrected chi connectivity index (χ3v) is 9.71. The van der Waals surface area contributed by atoms with Crippen LogP contribution in [0, 0.1) is 5.92 Å². The lowest BCUT2D eigenvalue weighted by molar-refractivity contribution is 0.323. The van der Waals surface area contributed by atoms with E-state index in [1.54, 1.807) is 0 Å². The zero-order chi connectivity index (χ0) is 20.1. The molecule has 1 aliphatic carbocycles. The number of rotatable bonds is 5. The number of nitrogens with one attached hydrogen (secondary N) is 1. The highest BCUT2D eigenvalue weighted by atomic mass is 32.2. The van der Waals surface area contributed by atoms with Gasteiger partial charge in [0.1, 0.15) is 5.25 Å². The molecule has 2 aromatic heterocycles. The van der Waals surface area contributed by atoms with E-state index in [1.165, 1.54) is 55.0 Å². The van der Waals surface area contributed by atoms with Crippen LogP contribution in [-0.2, 0) is 17.9 Å². The molecular weight excluding hydrogens is 392 g/mol. The van der Waals surface area contributed by atoms with E-state index in [-0.39, 0.29) is 0 Å². The van der Waals surface area contributed by atoms with E-state index in [4.69, 9.17) is 0 Å². The SMILES string of the molecule is [O-][S+](C1CCCCC1)N1C2CCC1C(Cn1ccc3cc(-c4cn[nH]c4)ccc31)C2. The van der Waals surface area contributed by atoms with Crippen LogP contribution in [0.3, 0.4) is 0 Å². The number of H-pyrrole nitrogens is 1. The summed E-state index contributed by atoms with van der Waals surface area (Å²) in [6.45, 7) is 1.04. The normalized spacial score (nSPS) is 28.5. The largest absolute Gasteiger partial charge is 0.598 e. The number of hydrogen-bond acceptors (Lipinski definition) is 3. The second-order valence-corrected chi connectivity index (χ2v) is 11.1. The van der Waals surface area contributed by atoms with Crippen molar-refractivity contribution in [2.24, 2.45) is 5.92 Å². The topological polar surface area (TPSA) is 59.9 Å². The Morgan fingerprint density at radius 3 is 2.80 bits per heavy atom. The standard InChI is InChI=1S/C24H30N4OS/c29-30(22-4-2-1-3-5-22)28-21-7-9-24(28)19(13-21)16-27-11-10-18-12-17(6-8-23(18)27)20-14-25-26-15-20/h6,8,10-12,14-15,19,21-22,24H,1-5,7,9,13,16H2,(H,25,26). The van der Waals surface area contributed by atoms with Gasteiger partial charge in [0.25, 0.3) is 0 Å². The van der Waals surface area contributed by atoms with Gasteiger partial charge in [0.15, 0.2) is 0 Å². The maximum Gasteiger partial charge on any atom is 0.135 e. The molecule has 1 aromatic carbocycles. The fourth-order valence-corrected chi connectivity index (χ4v) is 8.29. The molecule has 0 amide bonds. The minimum Gasteiger partial charge on any atom is -0.598 e. The van der Waals surface area contributed by atoms with Gasteiger partial charge in [-0.05, 0) is 74.6 Å². The Morgan fingerprint density at radius 2 is 1.97 bits per heavy atom. The Labute approximate surface area is 181 Å². The highest BCUT2D eigenvalue weighted by Crippen LogP contribution is 2.46. The van der Waals surface area contributed by atoms with Crippen molar-refractivity contribution in [1.82, 2.24) is 19.1 Å². The molecule has 2 aliphatic heterocycles. The van der Waals surface area contributed by atoms with Gasteiger partial charge in [0, 0.05) is 46.8 Å². The van der Waals surface area contributed by atoms with Gasteiger partial charge in [-0.15, -0.1) is 4.31 Å². The molecule has 3 aromatic rings. The van der Waals surface area contributed by atoms with Crippen molar-refractivity contribution in [2.45, 2.75) is 75.2 Å². The Morgan fingerprint density at radius 1 is 1.07 bits per heavy atom. The number of hydrogen-bond donors (Lipinski definition) is 1. The second-order valence-electron chi connectivity index (χ2n) is 9.42. The van der Waals surface area contributed by atoms with Crippen molar-refractivity contribution in [3.05, 3.63) is 42.9 Å².